The summed E-state index contributed by atoms with van der Waals surface area (Å²) < 4.78 is 5.04. The Kier molecular flexibility index (Phi) is 9.20. The van der Waals surface area contributed by atoms with Crippen molar-refractivity contribution in [2.75, 3.05) is 46.9 Å². The van der Waals surface area contributed by atoms with E-state index in [0.29, 0.717) is 32.2 Å². The van der Waals surface area contributed by atoms with Crippen LogP contribution in [-0.4, -0.2) is 85.7 Å². The number of guanidine groups is 1. The van der Waals surface area contributed by atoms with E-state index in [0.717, 1.165) is 25.0 Å². The number of likely N-dealkylation sites (tertiary alicyclic amines) is 1. The van der Waals surface area contributed by atoms with Gasteiger partial charge in [0, 0.05) is 58.1 Å². The molecule has 0 bridgehead atoms. The molecule has 2 heterocycles. The van der Waals surface area contributed by atoms with E-state index < -0.39 is 0 Å². The van der Waals surface area contributed by atoms with Crippen LogP contribution in [0.5, 0.6) is 0 Å². The molecule has 1 saturated heterocycles. The van der Waals surface area contributed by atoms with Crippen LogP contribution in [0, 0.1) is 0 Å². The van der Waals surface area contributed by atoms with Crippen molar-refractivity contribution in [1.29, 1.82) is 0 Å². The number of piperidine rings is 1. The van der Waals surface area contributed by atoms with Crippen molar-refractivity contribution in [3.8, 4) is 0 Å². The Labute approximate surface area is 172 Å². The molecule has 9 nitrogen and oxygen atoms in total. The molecule has 0 unspecified atom stereocenters. The van der Waals surface area contributed by atoms with Gasteiger partial charge in [-0.05, 0) is 31.9 Å². The first-order chi connectivity index (χ1) is 14.0. The Morgan fingerprint density at radius 1 is 1.34 bits per heavy atom. The molecule has 9 heteroatoms. The largest absolute Gasteiger partial charge is 0.450 e. The quantitative estimate of drug-likeness (QED) is 0.517. The van der Waals surface area contributed by atoms with Crippen LogP contribution in [0.3, 0.4) is 0 Å². The van der Waals surface area contributed by atoms with Crippen LogP contribution in [0.1, 0.15) is 25.5 Å². The highest BCUT2D eigenvalue weighted by Gasteiger charge is 2.24. The molecule has 1 aromatic heterocycles. The third kappa shape index (κ3) is 7.59. The highest BCUT2D eigenvalue weighted by Crippen LogP contribution is 2.11. The van der Waals surface area contributed by atoms with Crippen molar-refractivity contribution >= 4 is 18.0 Å². The van der Waals surface area contributed by atoms with Crippen LogP contribution in [-0.2, 0) is 16.0 Å². The van der Waals surface area contributed by atoms with Gasteiger partial charge in [0.2, 0.25) is 5.91 Å². The van der Waals surface area contributed by atoms with Gasteiger partial charge in [-0.25, -0.2) is 4.79 Å². The van der Waals surface area contributed by atoms with Crippen LogP contribution < -0.4 is 10.6 Å². The van der Waals surface area contributed by atoms with Gasteiger partial charge < -0.3 is 25.2 Å². The van der Waals surface area contributed by atoms with Crippen molar-refractivity contribution in [1.82, 2.24) is 25.4 Å². The molecule has 0 saturated carbocycles. The number of carbonyl (C=O) groups is 2. The van der Waals surface area contributed by atoms with Crippen molar-refractivity contribution in [2.24, 2.45) is 4.99 Å². The normalized spacial score (nSPS) is 15.0. The maximum Gasteiger partial charge on any atom is 0.409 e. The standard InChI is InChI=1S/C20H32N6O3/c1-4-29-20(28)26-13-9-17(10-14-26)24-19(21-2)23-15-18(27)25(3)12-8-16-7-5-6-11-22-16/h5-7,11,17H,4,8-10,12-15H2,1-3H3,(H2,21,23,24). The lowest BCUT2D eigenvalue weighted by Crippen LogP contribution is -2.51. The molecule has 1 aliphatic heterocycles. The number of carbonyl (C=O) groups excluding carboxylic acids is 2. The van der Waals surface area contributed by atoms with Crippen LogP contribution >= 0.6 is 0 Å². The number of aromatic nitrogens is 1. The molecule has 1 aliphatic rings. The number of hydrogen-bond donors (Lipinski definition) is 2. The van der Waals surface area contributed by atoms with E-state index in [9.17, 15) is 9.59 Å². The average Bonchev–Trinajstić information content (AvgIpc) is 2.76. The fourth-order valence-corrected chi connectivity index (χ4v) is 3.06. The highest BCUT2D eigenvalue weighted by atomic mass is 16.6. The lowest BCUT2D eigenvalue weighted by atomic mass is 10.1. The monoisotopic (exact) mass is 404 g/mol. The van der Waals surface area contributed by atoms with Gasteiger partial charge in [-0.2, -0.15) is 0 Å². The molecule has 29 heavy (non-hydrogen) atoms. The number of aliphatic imine (C=N–C) groups is 1. The third-order valence-electron chi connectivity index (χ3n) is 4.85. The maximum absolute atomic E-state index is 12.4. The Morgan fingerprint density at radius 3 is 2.72 bits per heavy atom. The van der Waals surface area contributed by atoms with Gasteiger partial charge in [0.15, 0.2) is 5.96 Å². The number of hydrogen-bond acceptors (Lipinski definition) is 5. The summed E-state index contributed by atoms with van der Waals surface area (Å²) in [7, 11) is 3.46. The summed E-state index contributed by atoms with van der Waals surface area (Å²) in [5, 5.41) is 6.41. The van der Waals surface area contributed by atoms with Gasteiger partial charge in [-0.1, -0.05) is 6.07 Å². The number of nitrogens with one attached hydrogen (secondary N) is 2. The molecule has 0 aliphatic carbocycles. The number of likely N-dealkylation sites (N-methyl/N-ethyl adjacent to an activating group) is 1. The summed E-state index contributed by atoms with van der Waals surface area (Å²) >= 11 is 0. The van der Waals surface area contributed by atoms with Gasteiger partial charge in [0.25, 0.3) is 0 Å². The summed E-state index contributed by atoms with van der Waals surface area (Å²) in [5.41, 5.74) is 0.965. The molecular formula is C20H32N6O3. The molecule has 2 amide bonds. The van der Waals surface area contributed by atoms with E-state index in [4.69, 9.17) is 4.74 Å². The SMILES string of the molecule is CCOC(=O)N1CCC(NC(=NC)NCC(=O)N(C)CCc2ccccn2)CC1. The summed E-state index contributed by atoms with van der Waals surface area (Å²) in [5.74, 6) is 0.576. The van der Waals surface area contributed by atoms with Crippen molar-refractivity contribution < 1.29 is 14.3 Å². The maximum atomic E-state index is 12.4. The number of amides is 2. The van der Waals surface area contributed by atoms with Gasteiger partial charge in [-0.15, -0.1) is 0 Å². The molecule has 1 aromatic rings. The summed E-state index contributed by atoms with van der Waals surface area (Å²) in [6.07, 6.45) is 3.82. The minimum atomic E-state index is -0.257. The Morgan fingerprint density at radius 2 is 2.10 bits per heavy atom. The second-order valence-corrected chi connectivity index (χ2v) is 6.92. The van der Waals surface area contributed by atoms with Gasteiger partial charge in [0.05, 0.1) is 13.2 Å². The third-order valence-corrected chi connectivity index (χ3v) is 4.85. The molecule has 0 radical (unpaired) electrons. The summed E-state index contributed by atoms with van der Waals surface area (Å²) in [6, 6.07) is 5.97. The van der Waals surface area contributed by atoms with Crippen LogP contribution in [0.2, 0.25) is 0 Å². The minimum Gasteiger partial charge on any atom is -0.450 e. The summed E-state index contributed by atoms with van der Waals surface area (Å²) in [6.45, 7) is 4.25. The van der Waals surface area contributed by atoms with E-state index in [-0.39, 0.29) is 24.6 Å². The molecule has 2 N–H and O–H groups in total. The van der Waals surface area contributed by atoms with E-state index in [2.05, 4.69) is 20.6 Å². The predicted octanol–water partition coefficient (Wildman–Crippen LogP) is 0.868. The van der Waals surface area contributed by atoms with Crippen molar-refractivity contribution in [3.63, 3.8) is 0 Å². The smallest absolute Gasteiger partial charge is 0.409 e. The summed E-state index contributed by atoms with van der Waals surface area (Å²) in [4.78, 5) is 36.0. The number of pyridine rings is 1. The zero-order chi connectivity index (χ0) is 21.1. The Hall–Kier alpha value is -2.84. The van der Waals surface area contributed by atoms with E-state index in [1.165, 1.54) is 0 Å². The zero-order valence-electron chi connectivity index (χ0n) is 17.6. The Bertz CT molecular complexity index is 674. The van der Waals surface area contributed by atoms with Gasteiger partial charge >= 0.3 is 6.09 Å². The van der Waals surface area contributed by atoms with Crippen LogP contribution in [0.15, 0.2) is 29.4 Å². The fourth-order valence-electron chi connectivity index (χ4n) is 3.06. The molecule has 0 atom stereocenters. The topological polar surface area (TPSA) is 99.2 Å². The number of nitrogens with zero attached hydrogens (tertiary/aromatic N) is 4. The van der Waals surface area contributed by atoms with Gasteiger partial charge in [-0.3, -0.25) is 14.8 Å². The minimum absolute atomic E-state index is 0.0130. The molecule has 160 valence electrons. The second-order valence-electron chi connectivity index (χ2n) is 6.92. The number of ether oxygens (including phenoxy) is 1. The predicted molar refractivity (Wildman–Crippen MR) is 112 cm³/mol. The molecule has 0 spiro atoms. The fraction of sp³-hybridized carbons (Fsp3) is 0.600. The van der Waals surface area contributed by atoms with Gasteiger partial charge in [0.1, 0.15) is 0 Å². The van der Waals surface area contributed by atoms with E-state index in [1.807, 2.05) is 18.2 Å². The van der Waals surface area contributed by atoms with Crippen molar-refractivity contribution in [3.05, 3.63) is 30.1 Å². The molecule has 2 rings (SSSR count). The zero-order valence-corrected chi connectivity index (χ0v) is 17.6. The molecular weight excluding hydrogens is 372 g/mol. The first-order valence-corrected chi connectivity index (χ1v) is 10.1. The van der Waals surface area contributed by atoms with E-state index >= 15 is 0 Å². The lowest BCUT2D eigenvalue weighted by molar-refractivity contribution is -0.128. The molecule has 1 fully saturated rings. The second kappa shape index (κ2) is 11.9. The lowest BCUT2D eigenvalue weighted by Gasteiger charge is -2.32. The number of rotatable bonds is 7. The average molecular weight is 405 g/mol. The van der Waals surface area contributed by atoms with Crippen LogP contribution in [0.25, 0.3) is 0 Å². The first kappa shape index (κ1) is 22.4. The first-order valence-electron chi connectivity index (χ1n) is 10.1. The van der Waals surface area contributed by atoms with Crippen molar-refractivity contribution in [2.45, 2.75) is 32.2 Å². The van der Waals surface area contributed by atoms with E-state index in [1.54, 1.807) is 37.0 Å². The molecule has 0 aromatic carbocycles. The highest BCUT2D eigenvalue weighted by molar-refractivity contribution is 5.86. The Balaban J connectivity index is 1.69. The van der Waals surface area contributed by atoms with Crippen LogP contribution in [0.4, 0.5) is 4.79 Å².